The maximum Gasteiger partial charge on any atom is 0.433 e. The number of pyridine rings is 1. The van der Waals surface area contributed by atoms with E-state index in [2.05, 4.69) is 15.5 Å². The highest BCUT2D eigenvalue weighted by Crippen LogP contribution is 2.33. The van der Waals surface area contributed by atoms with Crippen LogP contribution in [0.5, 0.6) is 5.75 Å². The lowest BCUT2D eigenvalue weighted by Crippen LogP contribution is -2.48. The van der Waals surface area contributed by atoms with Gasteiger partial charge in [-0.2, -0.15) is 13.2 Å². The molecule has 0 aliphatic rings. The molecule has 1 amide bonds. The Kier molecular flexibility index (Phi) is 7.22. The van der Waals surface area contributed by atoms with E-state index in [9.17, 15) is 31.5 Å². The lowest BCUT2D eigenvalue weighted by atomic mass is 9.91. The number of nitrogens with one attached hydrogen (secondary N) is 1. The van der Waals surface area contributed by atoms with Crippen molar-refractivity contribution in [2.24, 2.45) is 0 Å². The zero-order chi connectivity index (χ0) is 26.9. The number of sulfone groups is 1. The third-order valence-corrected chi connectivity index (χ3v) is 8.08. The van der Waals surface area contributed by atoms with Crippen LogP contribution in [0.3, 0.4) is 0 Å². The van der Waals surface area contributed by atoms with Crippen molar-refractivity contribution in [2.45, 2.75) is 55.3 Å². The first-order valence-corrected chi connectivity index (χ1v) is 12.3. The average Bonchev–Trinajstić information content (AvgIpc) is 3.26. The van der Waals surface area contributed by atoms with Crippen molar-refractivity contribution in [1.29, 1.82) is 0 Å². The molecule has 8 nitrogen and oxygen atoms in total. The van der Waals surface area contributed by atoms with Crippen LogP contribution in [0, 0.1) is 0 Å². The van der Waals surface area contributed by atoms with Crippen molar-refractivity contribution >= 4 is 15.7 Å². The first kappa shape index (κ1) is 27.2. The van der Waals surface area contributed by atoms with Gasteiger partial charge in [0.15, 0.2) is 9.84 Å². The third-order valence-electron chi connectivity index (χ3n) is 5.63. The van der Waals surface area contributed by atoms with Crippen LogP contribution in [0.2, 0.25) is 0 Å². The number of rotatable bonds is 7. The largest absolute Gasteiger partial charge is 0.507 e. The van der Waals surface area contributed by atoms with Crippen LogP contribution in [0.25, 0.3) is 0 Å². The number of hydrogen-bond donors (Lipinski definition) is 2. The van der Waals surface area contributed by atoms with E-state index >= 15 is 0 Å². The highest BCUT2D eigenvalue weighted by atomic mass is 32.2. The first-order chi connectivity index (χ1) is 16.5. The first-order valence-electron chi connectivity index (χ1n) is 10.8. The summed E-state index contributed by atoms with van der Waals surface area (Å²) in [6.45, 7) is 6.57. The number of phenolic OH excluding ortho intramolecular Hbond substituents is 1. The summed E-state index contributed by atoms with van der Waals surface area (Å²) in [7, 11) is -4.37. The molecule has 1 atom stereocenters. The van der Waals surface area contributed by atoms with Gasteiger partial charge in [-0.25, -0.2) is 8.42 Å². The van der Waals surface area contributed by atoms with E-state index in [1.807, 2.05) is 20.8 Å². The lowest BCUT2D eigenvalue weighted by Gasteiger charge is -2.29. The Labute approximate surface area is 206 Å². The second-order valence-corrected chi connectivity index (χ2v) is 12.1. The summed E-state index contributed by atoms with van der Waals surface area (Å²) in [5.74, 6) is -0.813. The molecule has 0 bridgehead atoms. The zero-order valence-electron chi connectivity index (χ0n) is 20.0. The Bertz CT molecular complexity index is 1350. The van der Waals surface area contributed by atoms with Gasteiger partial charge in [0, 0.05) is 30.6 Å². The van der Waals surface area contributed by atoms with E-state index < -0.39 is 43.8 Å². The lowest BCUT2D eigenvalue weighted by molar-refractivity contribution is -0.141. The molecule has 0 spiro atoms. The van der Waals surface area contributed by atoms with E-state index in [1.165, 1.54) is 31.2 Å². The molecule has 2 N–H and O–H groups in total. The smallest absolute Gasteiger partial charge is 0.433 e. The number of aromatic hydroxyl groups is 1. The van der Waals surface area contributed by atoms with Gasteiger partial charge in [0.1, 0.15) is 17.2 Å². The zero-order valence-corrected chi connectivity index (χ0v) is 20.9. The third kappa shape index (κ3) is 5.69. The van der Waals surface area contributed by atoms with Gasteiger partial charge in [-0.15, -0.1) is 0 Å². The minimum Gasteiger partial charge on any atom is -0.507 e. The van der Waals surface area contributed by atoms with Crippen LogP contribution in [0.15, 0.2) is 58.1 Å². The summed E-state index contributed by atoms with van der Waals surface area (Å²) in [4.78, 5) is 15.5. The highest BCUT2D eigenvalue weighted by Gasteiger charge is 2.43. The molecule has 2 heterocycles. The van der Waals surface area contributed by atoms with Crippen molar-refractivity contribution in [1.82, 2.24) is 15.5 Å². The number of hydrogen-bond acceptors (Lipinski definition) is 7. The summed E-state index contributed by atoms with van der Waals surface area (Å²) >= 11 is 0. The van der Waals surface area contributed by atoms with Gasteiger partial charge in [0.25, 0.3) is 5.91 Å². The fourth-order valence-corrected chi connectivity index (χ4v) is 4.99. The Morgan fingerprint density at radius 2 is 1.72 bits per heavy atom. The summed E-state index contributed by atoms with van der Waals surface area (Å²) in [6.07, 6.45) is -4.34. The van der Waals surface area contributed by atoms with Gasteiger partial charge in [0.2, 0.25) is 0 Å². The summed E-state index contributed by atoms with van der Waals surface area (Å²) in [6, 6.07) is 8.73. The van der Waals surface area contributed by atoms with Crippen molar-refractivity contribution in [3.8, 4) is 5.75 Å². The number of benzene rings is 1. The number of nitrogens with zero attached hydrogens (tertiary/aromatic N) is 2. The van der Waals surface area contributed by atoms with Gasteiger partial charge in [0.05, 0.1) is 20.9 Å². The maximum absolute atomic E-state index is 13.7. The molecule has 36 heavy (non-hydrogen) atoms. The van der Waals surface area contributed by atoms with Gasteiger partial charge in [-0.3, -0.25) is 9.78 Å². The van der Waals surface area contributed by atoms with Gasteiger partial charge in [-0.1, -0.05) is 38.1 Å². The molecule has 0 aliphatic heterocycles. The minimum atomic E-state index is -4.74. The van der Waals surface area contributed by atoms with Crippen LogP contribution >= 0.6 is 0 Å². The van der Waals surface area contributed by atoms with E-state index in [-0.39, 0.29) is 28.9 Å². The number of phenols is 1. The normalized spacial score (nSPS) is 14.3. The molecule has 194 valence electrons. The highest BCUT2D eigenvalue weighted by molar-refractivity contribution is 7.92. The molecule has 12 heteroatoms. The second kappa shape index (κ2) is 9.57. The molecule has 0 saturated carbocycles. The molecule has 0 aliphatic carbocycles. The Hall–Kier alpha value is -3.41. The van der Waals surface area contributed by atoms with Crippen LogP contribution in [0.1, 0.15) is 55.2 Å². The SMILES string of the molecule is CC(C)(C)c1cc(CC(C)(CNC(=O)c2ccccc2O)S(=O)(=O)c2ccc(C(F)(F)F)nc2)on1. The fourth-order valence-electron chi connectivity index (χ4n) is 3.39. The van der Waals surface area contributed by atoms with Gasteiger partial charge >= 0.3 is 6.18 Å². The van der Waals surface area contributed by atoms with E-state index in [0.717, 1.165) is 6.07 Å². The predicted octanol–water partition coefficient (Wildman–Crippen LogP) is 4.30. The molecular formula is C24H26F3N3O5S. The standard InChI is InChI=1S/C24H26F3N3O5S/c1-22(2,3)20-11-15(35-30-20)12-23(4,14-29-21(32)17-7-5-6-8-18(17)31)36(33,34)16-9-10-19(28-13-16)24(25,26)27/h5-11,13,31H,12,14H2,1-4H3,(H,29,32). The van der Waals surface area contributed by atoms with E-state index in [1.54, 1.807) is 6.07 Å². The Morgan fingerprint density at radius 3 is 2.25 bits per heavy atom. The van der Waals surface area contributed by atoms with Crippen molar-refractivity contribution in [3.05, 3.63) is 71.4 Å². The number of halogens is 3. The number of aromatic nitrogens is 2. The van der Waals surface area contributed by atoms with Crippen LogP contribution in [-0.4, -0.2) is 40.9 Å². The van der Waals surface area contributed by atoms with Gasteiger partial charge in [-0.05, 0) is 31.2 Å². The molecule has 0 fully saturated rings. The second-order valence-electron chi connectivity index (χ2n) is 9.64. The summed E-state index contributed by atoms with van der Waals surface area (Å²) in [5.41, 5.74) is -1.11. The van der Waals surface area contributed by atoms with E-state index in [0.29, 0.717) is 18.0 Å². The molecule has 1 unspecified atom stereocenters. The maximum atomic E-state index is 13.7. The number of amides is 1. The monoisotopic (exact) mass is 525 g/mol. The summed E-state index contributed by atoms with van der Waals surface area (Å²) in [5, 5.41) is 16.5. The Balaban J connectivity index is 1.99. The van der Waals surface area contributed by atoms with Crippen LogP contribution < -0.4 is 5.32 Å². The average molecular weight is 526 g/mol. The topological polar surface area (TPSA) is 122 Å². The van der Waals surface area contributed by atoms with Crippen molar-refractivity contribution in [3.63, 3.8) is 0 Å². The summed E-state index contributed by atoms with van der Waals surface area (Å²) < 4.78 is 69.7. The number of alkyl halides is 3. The van der Waals surface area contributed by atoms with Crippen molar-refractivity contribution < 1.29 is 36.0 Å². The Morgan fingerprint density at radius 1 is 1.06 bits per heavy atom. The predicted molar refractivity (Wildman–Crippen MR) is 124 cm³/mol. The van der Waals surface area contributed by atoms with Crippen LogP contribution in [0.4, 0.5) is 13.2 Å². The number of carbonyl (C=O) groups is 1. The molecule has 3 rings (SSSR count). The fraction of sp³-hybridized carbons (Fsp3) is 0.375. The molecule has 0 radical (unpaired) electrons. The van der Waals surface area contributed by atoms with Gasteiger partial charge < -0.3 is 14.9 Å². The minimum absolute atomic E-state index is 0.0665. The quantitative estimate of drug-likeness (QED) is 0.472. The number of carbonyl (C=O) groups excluding carboxylic acids is 1. The molecular weight excluding hydrogens is 499 g/mol. The molecule has 3 aromatic rings. The number of para-hydroxylation sites is 1. The van der Waals surface area contributed by atoms with Crippen LogP contribution in [-0.2, 0) is 27.8 Å². The van der Waals surface area contributed by atoms with E-state index in [4.69, 9.17) is 4.52 Å². The molecule has 2 aromatic heterocycles. The molecule has 1 aromatic carbocycles. The molecule has 0 saturated heterocycles. The van der Waals surface area contributed by atoms with Crippen molar-refractivity contribution in [2.75, 3.05) is 6.54 Å².